The van der Waals surface area contributed by atoms with Gasteiger partial charge in [-0.3, -0.25) is 14.0 Å². The minimum atomic E-state index is -4.78. The molecule has 4 saturated carbocycles. The van der Waals surface area contributed by atoms with E-state index in [1.54, 1.807) is 25.3 Å². The first kappa shape index (κ1) is 30.8. The number of nitrogens with one attached hydrogen (secondary N) is 1. The van der Waals surface area contributed by atoms with E-state index in [0.29, 0.717) is 24.8 Å². The Balaban J connectivity index is 0.000000524. The Labute approximate surface area is 248 Å². The summed E-state index contributed by atoms with van der Waals surface area (Å²) in [5.74, 6) is 0.654. The van der Waals surface area contributed by atoms with Gasteiger partial charge in [-0.05, 0) is 99.0 Å². The van der Waals surface area contributed by atoms with Crippen LogP contribution in [0.2, 0.25) is 0 Å². The van der Waals surface area contributed by atoms with Gasteiger partial charge in [-0.15, -0.1) is 0 Å². The summed E-state index contributed by atoms with van der Waals surface area (Å²) in [6.07, 6.45) is 11.9. The molecule has 9 atom stereocenters. The maximum Gasteiger partial charge on any atom is 0.339 e. The number of nitrogens with zero attached hydrogens (tertiary/aromatic N) is 1. The van der Waals surface area contributed by atoms with Gasteiger partial charge in [-0.2, -0.15) is 0 Å². The molecule has 0 aromatic carbocycles. The van der Waals surface area contributed by atoms with Crippen LogP contribution < -0.4 is 4.98 Å². The van der Waals surface area contributed by atoms with Crippen molar-refractivity contribution < 1.29 is 36.5 Å². The van der Waals surface area contributed by atoms with Gasteiger partial charge in [0, 0.05) is 36.4 Å². The van der Waals surface area contributed by atoms with Crippen LogP contribution in [0.4, 0.5) is 0 Å². The smallest absolute Gasteiger partial charge is 0.339 e. The van der Waals surface area contributed by atoms with Gasteiger partial charge in [0.25, 0.3) is 0 Å². The summed E-state index contributed by atoms with van der Waals surface area (Å²) in [5.41, 5.74) is 0.229. The molecular weight excluding hydrogens is 556 g/mol. The molecule has 4 aliphatic carbocycles. The fourth-order valence-electron chi connectivity index (χ4n) is 9.23. The number of ether oxygens (including phenoxy) is 1. The topological polar surface area (TPSA) is 137 Å². The first-order valence-corrected chi connectivity index (χ1v) is 16.4. The van der Waals surface area contributed by atoms with E-state index in [0.717, 1.165) is 32.1 Å². The average Bonchev–Trinajstić information content (AvgIpc) is 3.32. The lowest BCUT2D eigenvalue weighted by molar-refractivity contribution is -0.377. The van der Waals surface area contributed by atoms with Crippen molar-refractivity contribution in [1.29, 1.82) is 0 Å². The molecule has 1 N–H and O–H groups in total. The van der Waals surface area contributed by atoms with Crippen LogP contribution in [-0.4, -0.2) is 41.9 Å². The van der Waals surface area contributed by atoms with Gasteiger partial charge >= 0.3 is 5.97 Å². The lowest BCUT2D eigenvalue weighted by Gasteiger charge is -2.62. The maximum absolute atomic E-state index is 13.2. The Morgan fingerprint density at radius 2 is 1.69 bits per heavy atom. The van der Waals surface area contributed by atoms with Crippen molar-refractivity contribution >= 4 is 22.2 Å². The molecule has 0 saturated heterocycles. The highest BCUT2D eigenvalue weighted by molar-refractivity contribution is 7.80. The highest BCUT2D eigenvalue weighted by Crippen LogP contribution is 2.68. The third kappa shape index (κ3) is 6.17. The Morgan fingerprint density at radius 3 is 2.29 bits per heavy atom. The van der Waals surface area contributed by atoms with Crippen molar-refractivity contribution in [3.05, 3.63) is 60.7 Å². The largest absolute Gasteiger partial charge is 0.726 e. The highest BCUT2D eigenvalue weighted by atomic mass is 32.3. The van der Waals surface area contributed by atoms with Crippen molar-refractivity contribution in [2.45, 2.75) is 84.3 Å². The number of rotatable bonds is 5. The van der Waals surface area contributed by atoms with E-state index in [9.17, 15) is 22.6 Å². The van der Waals surface area contributed by atoms with E-state index in [1.807, 2.05) is 30.6 Å². The van der Waals surface area contributed by atoms with Crippen molar-refractivity contribution in [2.75, 3.05) is 0 Å². The number of fused-ring (bicyclic) bond motifs is 5. The normalized spacial score (nSPS) is 37.2. The number of aromatic nitrogens is 2. The third-order valence-electron chi connectivity index (χ3n) is 11.1. The van der Waals surface area contributed by atoms with Gasteiger partial charge in [0.15, 0.2) is 12.4 Å². The predicted octanol–water partition coefficient (Wildman–Crippen LogP) is 4.81. The van der Waals surface area contributed by atoms with E-state index >= 15 is 0 Å². The van der Waals surface area contributed by atoms with E-state index in [-0.39, 0.29) is 52.3 Å². The zero-order chi connectivity index (χ0) is 30.1. The van der Waals surface area contributed by atoms with Crippen LogP contribution >= 0.6 is 0 Å². The Morgan fingerprint density at radius 1 is 0.976 bits per heavy atom. The number of aromatic amines is 1. The van der Waals surface area contributed by atoms with Gasteiger partial charge in [-0.1, -0.05) is 19.9 Å². The molecule has 0 spiro atoms. The highest BCUT2D eigenvalue weighted by Gasteiger charge is 2.64. The number of hydrogen-bond donors (Lipinski definition) is 0. The van der Waals surface area contributed by atoms with Crippen LogP contribution in [0.5, 0.6) is 0 Å². The fraction of sp³-hybridized carbons (Fsp3) is 0.625. The van der Waals surface area contributed by atoms with E-state index in [4.69, 9.17) is 8.92 Å². The van der Waals surface area contributed by atoms with Crippen molar-refractivity contribution in [1.82, 2.24) is 4.98 Å². The number of ketones is 1. The molecule has 9 nitrogen and oxygen atoms in total. The first-order valence-electron chi connectivity index (χ1n) is 15.1. The summed E-state index contributed by atoms with van der Waals surface area (Å²) in [5, 5.41) is 0. The molecule has 228 valence electrons. The minimum absolute atomic E-state index is 0.0371. The van der Waals surface area contributed by atoms with E-state index in [2.05, 4.69) is 23.8 Å². The van der Waals surface area contributed by atoms with Crippen LogP contribution in [0.15, 0.2) is 55.1 Å². The third-order valence-corrected chi connectivity index (χ3v) is 11.6. The first-order chi connectivity index (χ1) is 19.9. The molecular formula is C32H42N2O7S. The Kier molecular flexibility index (Phi) is 8.88. The molecule has 0 unspecified atom stereocenters. The van der Waals surface area contributed by atoms with Crippen LogP contribution in [0, 0.1) is 40.4 Å². The molecule has 42 heavy (non-hydrogen) atoms. The standard InChI is InChI=1S/C27H37NO7S.C5H5N/c1-16(29)20-6-7-21-24-22(9-11-27(20,21)3)26(2)10-8-19(35-36(31,32)33)13-18(26)14-23(24)34-25(30)17-5-4-12-28-15-17;1-2-4-6-5-3-1/h4-5,12,15,18-24H,6-11,13-14H2,1-3H3,(H,31,32,33);1-5H/t18-,19-,20-,21+,22+,23-,24+,26+,27-;/m1./s1. The summed E-state index contributed by atoms with van der Waals surface area (Å²) in [6, 6.07) is 9.25. The molecule has 0 bridgehead atoms. The summed E-state index contributed by atoms with van der Waals surface area (Å²) < 4.78 is 45.0. The second-order valence-corrected chi connectivity index (χ2v) is 14.2. The molecule has 4 aliphatic rings. The van der Waals surface area contributed by atoms with Crippen molar-refractivity contribution in [3.63, 3.8) is 0 Å². The summed E-state index contributed by atoms with van der Waals surface area (Å²) >= 11 is 0. The molecule has 4 fully saturated rings. The number of carbonyl (C=O) groups is 2. The zero-order valence-electron chi connectivity index (χ0n) is 24.6. The minimum Gasteiger partial charge on any atom is -0.726 e. The van der Waals surface area contributed by atoms with Crippen LogP contribution in [0.25, 0.3) is 0 Å². The Hall–Kier alpha value is -2.69. The summed E-state index contributed by atoms with van der Waals surface area (Å²) in [7, 11) is -4.78. The molecule has 2 heterocycles. The van der Waals surface area contributed by atoms with E-state index in [1.165, 1.54) is 6.20 Å². The average molecular weight is 599 g/mol. The van der Waals surface area contributed by atoms with Gasteiger partial charge in [-0.25, -0.2) is 18.2 Å². The lowest BCUT2D eigenvalue weighted by atomic mass is 9.44. The van der Waals surface area contributed by atoms with Gasteiger partial charge in [0.05, 0.1) is 11.7 Å². The molecule has 2 aromatic rings. The molecule has 0 radical (unpaired) electrons. The SMILES string of the molecule is CC(=O)[C@H]1CC[C@H]2[C@@H]3[C@H](OC(=O)c4cccnc4)C[C@H]4C[C@H](OS(=O)(=O)[O-])CC[C@]4(C)[C@H]3CC[C@]12C.c1cc[nH+]cc1. The zero-order valence-corrected chi connectivity index (χ0v) is 25.4. The number of hydrogen-bond acceptors (Lipinski definition) is 8. The molecule has 10 heteroatoms. The quantitative estimate of drug-likeness (QED) is 0.272. The number of Topliss-reactive ketones (excluding diaryl/α,β-unsaturated/α-hetero) is 1. The second kappa shape index (κ2) is 12.1. The Bertz CT molecular complexity index is 1330. The van der Waals surface area contributed by atoms with Crippen molar-refractivity contribution in [3.8, 4) is 0 Å². The van der Waals surface area contributed by atoms with E-state index < -0.39 is 22.5 Å². The monoisotopic (exact) mass is 598 g/mol. The summed E-state index contributed by atoms with van der Waals surface area (Å²) in [4.78, 5) is 32.7. The van der Waals surface area contributed by atoms with Crippen LogP contribution in [-0.2, 0) is 24.1 Å². The van der Waals surface area contributed by atoms with Gasteiger partial charge in [0.2, 0.25) is 10.4 Å². The fourth-order valence-corrected chi connectivity index (χ4v) is 9.74. The number of carbonyl (C=O) groups excluding carboxylic acids is 2. The number of pyridine rings is 2. The second-order valence-electron chi connectivity index (χ2n) is 13.2. The maximum atomic E-state index is 13.2. The van der Waals surface area contributed by atoms with Gasteiger partial charge in [0.1, 0.15) is 11.9 Å². The summed E-state index contributed by atoms with van der Waals surface area (Å²) in [6.45, 7) is 6.25. The van der Waals surface area contributed by atoms with Crippen molar-refractivity contribution in [2.24, 2.45) is 40.4 Å². The molecule has 6 rings (SSSR count). The van der Waals surface area contributed by atoms with Gasteiger partial charge < -0.3 is 9.29 Å². The lowest BCUT2D eigenvalue weighted by Crippen LogP contribution is -2.59. The number of H-pyrrole nitrogens is 1. The molecule has 0 amide bonds. The molecule has 0 aliphatic heterocycles. The predicted molar refractivity (Wildman–Crippen MR) is 152 cm³/mol. The van der Waals surface area contributed by atoms with Crippen LogP contribution in [0.3, 0.4) is 0 Å². The van der Waals surface area contributed by atoms with Crippen LogP contribution in [0.1, 0.15) is 82.5 Å². The number of esters is 1. The molecule has 2 aromatic heterocycles.